The Morgan fingerprint density at radius 1 is 1.17 bits per heavy atom. The van der Waals surface area contributed by atoms with Gasteiger partial charge in [0, 0.05) is 30.9 Å². The molecule has 0 aliphatic heterocycles. The molecule has 0 atom stereocenters. The fourth-order valence-corrected chi connectivity index (χ4v) is 1.21. The van der Waals surface area contributed by atoms with Gasteiger partial charge in [0.25, 0.3) is 11.8 Å². The fraction of sp³-hybridized carbons (Fsp3) is 0.231. The molecule has 0 aliphatic carbocycles. The highest BCUT2D eigenvalue weighted by molar-refractivity contribution is 6.03. The quantitative estimate of drug-likeness (QED) is 0.624. The number of benzene rings is 1. The lowest BCUT2D eigenvalue weighted by Gasteiger charge is -2.12. The third-order valence-electron chi connectivity index (χ3n) is 2.12. The Morgan fingerprint density at radius 2 is 1.72 bits per heavy atom. The van der Waals surface area contributed by atoms with Gasteiger partial charge in [-0.2, -0.15) is 0 Å². The zero-order valence-electron chi connectivity index (χ0n) is 10.8. The molecule has 0 heterocycles. The molecule has 18 heavy (non-hydrogen) atoms. The minimum atomic E-state index is -0.236. The van der Waals surface area contributed by atoms with Crippen LogP contribution in [0.1, 0.15) is 17.3 Å². The summed E-state index contributed by atoms with van der Waals surface area (Å²) in [5, 5.41) is 4.24. The van der Waals surface area contributed by atoms with Gasteiger partial charge in [-0.1, -0.05) is 6.58 Å². The minimum Gasteiger partial charge on any atom is -0.322 e. The van der Waals surface area contributed by atoms with Crippen LogP contribution in [0.15, 0.2) is 36.4 Å². The molecule has 2 N–H and O–H groups in total. The van der Waals surface area contributed by atoms with Gasteiger partial charge in [0.2, 0.25) is 0 Å². The molecule has 0 fully saturated rings. The zero-order chi connectivity index (χ0) is 13.7. The number of carbonyl (C=O) groups excluding carboxylic acids is 2. The van der Waals surface area contributed by atoms with E-state index in [4.69, 9.17) is 0 Å². The molecule has 1 aromatic rings. The van der Waals surface area contributed by atoms with Crippen molar-refractivity contribution in [3.8, 4) is 0 Å². The molecule has 2 amide bonds. The van der Waals surface area contributed by atoms with Crippen molar-refractivity contribution in [1.29, 1.82) is 0 Å². The first-order chi connectivity index (χ1) is 8.40. The van der Waals surface area contributed by atoms with Crippen LogP contribution < -0.4 is 10.7 Å². The number of carbonyl (C=O) groups is 2. The SMILES string of the molecule is C=C(C)C(=O)Nc1ccc(C(=O)NN(C)C)cc1. The summed E-state index contributed by atoms with van der Waals surface area (Å²) in [6.45, 7) is 5.18. The van der Waals surface area contributed by atoms with Crippen LogP contribution in [0.25, 0.3) is 0 Å². The lowest BCUT2D eigenvalue weighted by atomic mass is 10.2. The first-order valence-electron chi connectivity index (χ1n) is 5.45. The molecule has 5 nitrogen and oxygen atoms in total. The normalized spacial score (nSPS) is 10.0. The van der Waals surface area contributed by atoms with Crippen molar-refractivity contribution in [2.75, 3.05) is 19.4 Å². The first-order valence-corrected chi connectivity index (χ1v) is 5.45. The van der Waals surface area contributed by atoms with Crippen molar-refractivity contribution < 1.29 is 9.59 Å². The number of nitrogens with zero attached hydrogens (tertiary/aromatic N) is 1. The Hall–Kier alpha value is -2.14. The zero-order valence-corrected chi connectivity index (χ0v) is 10.8. The van der Waals surface area contributed by atoms with Crippen LogP contribution in [0, 0.1) is 0 Å². The van der Waals surface area contributed by atoms with Crippen molar-refractivity contribution in [2.45, 2.75) is 6.92 Å². The van der Waals surface area contributed by atoms with E-state index in [1.54, 1.807) is 50.3 Å². The van der Waals surface area contributed by atoms with Crippen LogP contribution in [-0.2, 0) is 4.79 Å². The predicted octanol–water partition coefficient (Wildman–Crippen LogP) is 1.41. The largest absolute Gasteiger partial charge is 0.322 e. The summed E-state index contributed by atoms with van der Waals surface area (Å²) in [7, 11) is 3.47. The minimum absolute atomic E-state index is 0.197. The fourth-order valence-electron chi connectivity index (χ4n) is 1.21. The van der Waals surface area contributed by atoms with Gasteiger partial charge in [-0.15, -0.1) is 0 Å². The second-order valence-electron chi connectivity index (χ2n) is 4.15. The third-order valence-corrected chi connectivity index (χ3v) is 2.12. The van der Waals surface area contributed by atoms with Gasteiger partial charge >= 0.3 is 0 Å². The summed E-state index contributed by atoms with van der Waals surface area (Å²) >= 11 is 0. The van der Waals surface area contributed by atoms with Crippen molar-refractivity contribution >= 4 is 17.5 Å². The van der Waals surface area contributed by atoms with E-state index in [9.17, 15) is 9.59 Å². The molecule has 96 valence electrons. The standard InChI is InChI=1S/C13H17N3O2/c1-9(2)12(17)14-11-7-5-10(6-8-11)13(18)15-16(3)4/h5-8H,1H2,2-4H3,(H,14,17)(H,15,18). The number of hydrazine groups is 1. The summed E-state index contributed by atoms with van der Waals surface area (Å²) in [6, 6.07) is 6.64. The van der Waals surface area contributed by atoms with Crippen molar-refractivity contribution in [3.05, 3.63) is 42.0 Å². The average Bonchev–Trinajstić information content (AvgIpc) is 2.28. The summed E-state index contributed by atoms with van der Waals surface area (Å²) in [6.07, 6.45) is 0. The lowest BCUT2D eigenvalue weighted by molar-refractivity contribution is -0.112. The molecule has 0 bridgehead atoms. The second-order valence-corrected chi connectivity index (χ2v) is 4.15. The predicted molar refractivity (Wildman–Crippen MR) is 71.0 cm³/mol. The van der Waals surface area contributed by atoms with Crippen LogP contribution in [0.2, 0.25) is 0 Å². The highest BCUT2D eigenvalue weighted by atomic mass is 16.2. The van der Waals surface area contributed by atoms with Crippen molar-refractivity contribution in [3.63, 3.8) is 0 Å². The molecule has 5 heteroatoms. The van der Waals surface area contributed by atoms with Gasteiger partial charge in [0.15, 0.2) is 0 Å². The Kier molecular flexibility index (Phi) is 4.62. The maximum Gasteiger partial charge on any atom is 0.265 e. The van der Waals surface area contributed by atoms with Crippen LogP contribution in [-0.4, -0.2) is 30.9 Å². The van der Waals surface area contributed by atoms with Crippen LogP contribution >= 0.6 is 0 Å². The molecular weight excluding hydrogens is 230 g/mol. The summed E-state index contributed by atoms with van der Waals surface area (Å²) in [5.74, 6) is -0.432. The first kappa shape index (κ1) is 13.9. The van der Waals surface area contributed by atoms with Gasteiger partial charge in [-0.05, 0) is 31.2 Å². The number of anilines is 1. The van der Waals surface area contributed by atoms with Gasteiger partial charge in [-0.3, -0.25) is 15.0 Å². The lowest BCUT2D eigenvalue weighted by Crippen LogP contribution is -2.36. The smallest absolute Gasteiger partial charge is 0.265 e. The van der Waals surface area contributed by atoms with Crippen molar-refractivity contribution in [2.24, 2.45) is 0 Å². The Labute approximate surface area is 106 Å². The molecule has 0 aliphatic rings. The molecule has 1 aromatic carbocycles. The maximum absolute atomic E-state index is 11.6. The summed E-state index contributed by atoms with van der Waals surface area (Å²) < 4.78 is 0. The summed E-state index contributed by atoms with van der Waals surface area (Å²) in [4.78, 5) is 23.0. The molecule has 0 radical (unpaired) electrons. The van der Waals surface area contributed by atoms with E-state index in [0.29, 0.717) is 16.8 Å². The molecule has 1 rings (SSSR count). The van der Waals surface area contributed by atoms with E-state index in [1.165, 1.54) is 0 Å². The molecule has 0 aromatic heterocycles. The number of hydrogen-bond acceptors (Lipinski definition) is 3. The average molecular weight is 247 g/mol. The Morgan fingerprint density at radius 3 is 2.17 bits per heavy atom. The second kappa shape index (κ2) is 5.97. The number of amides is 2. The molecule has 0 spiro atoms. The van der Waals surface area contributed by atoms with Gasteiger partial charge < -0.3 is 5.32 Å². The monoisotopic (exact) mass is 247 g/mol. The Bertz CT molecular complexity index is 464. The molecule has 0 saturated heterocycles. The van der Waals surface area contributed by atoms with E-state index < -0.39 is 0 Å². The number of hydrogen-bond donors (Lipinski definition) is 2. The number of nitrogens with one attached hydrogen (secondary N) is 2. The van der Waals surface area contributed by atoms with Crippen LogP contribution in [0.3, 0.4) is 0 Å². The van der Waals surface area contributed by atoms with E-state index in [0.717, 1.165) is 0 Å². The Balaban J connectivity index is 2.71. The highest BCUT2D eigenvalue weighted by Gasteiger charge is 2.07. The van der Waals surface area contributed by atoms with Gasteiger partial charge in [0.1, 0.15) is 0 Å². The van der Waals surface area contributed by atoms with E-state index in [2.05, 4.69) is 17.3 Å². The highest BCUT2D eigenvalue weighted by Crippen LogP contribution is 2.10. The van der Waals surface area contributed by atoms with Crippen molar-refractivity contribution in [1.82, 2.24) is 10.4 Å². The number of rotatable bonds is 4. The third kappa shape index (κ3) is 4.03. The van der Waals surface area contributed by atoms with E-state index in [1.807, 2.05) is 0 Å². The molecule has 0 unspecified atom stereocenters. The van der Waals surface area contributed by atoms with Crippen LogP contribution in [0.5, 0.6) is 0 Å². The molecular formula is C13H17N3O2. The van der Waals surface area contributed by atoms with Gasteiger partial charge in [0.05, 0.1) is 0 Å². The van der Waals surface area contributed by atoms with E-state index >= 15 is 0 Å². The van der Waals surface area contributed by atoms with E-state index in [-0.39, 0.29) is 11.8 Å². The molecule has 0 saturated carbocycles. The van der Waals surface area contributed by atoms with Gasteiger partial charge in [-0.25, -0.2) is 5.01 Å². The maximum atomic E-state index is 11.6. The topological polar surface area (TPSA) is 61.4 Å². The van der Waals surface area contributed by atoms with Crippen LogP contribution in [0.4, 0.5) is 5.69 Å². The summed E-state index contributed by atoms with van der Waals surface area (Å²) in [5.41, 5.74) is 4.22.